The topological polar surface area (TPSA) is 9.86 Å². The minimum atomic E-state index is 1.16. The molecule has 11 rings (SSSR count). The van der Waals surface area contributed by atoms with E-state index in [9.17, 15) is 0 Å². The summed E-state index contributed by atoms with van der Waals surface area (Å²) in [5, 5.41) is 12.8. The molecule has 0 radical (unpaired) electrons. The molecule has 0 aliphatic rings. The normalized spacial score (nSPS) is 11.7. The van der Waals surface area contributed by atoms with Gasteiger partial charge >= 0.3 is 0 Å². The fourth-order valence-corrected chi connectivity index (χ4v) is 8.56. The Balaban J connectivity index is 0.00000166. The molecule has 0 aliphatic heterocycles. The quantitative estimate of drug-likeness (QED) is 0.166. The van der Waals surface area contributed by atoms with Gasteiger partial charge in [-0.05, 0) is 92.0 Å². The molecule has 0 spiro atoms. The van der Waals surface area contributed by atoms with E-state index in [-0.39, 0.29) is 0 Å². The number of hydrogen-bond acceptors (Lipinski definition) is 0. The fourth-order valence-electron chi connectivity index (χ4n) is 8.56. The lowest BCUT2D eigenvalue weighted by Crippen LogP contribution is -1.95. The molecule has 0 saturated heterocycles. The standard InChI is InChI=1S/C48H30N2.C2H6/c1-2-13-31(14-3-1)32-15-12-16-33(29-32)49-43-23-10-8-21-40(43)47-45(49)27-28-46-48(47)41-22-9-11-24-44(41)50(46)34-25-26-39-37-19-5-4-17-35(37)36-18-6-7-20-38(36)42(39)30-34;1-2/h1-30H;1-2H3. The van der Waals surface area contributed by atoms with Crippen LogP contribution in [-0.2, 0) is 0 Å². The molecule has 0 amide bonds. The third kappa shape index (κ3) is 4.37. The summed E-state index contributed by atoms with van der Waals surface area (Å²) in [6.45, 7) is 4.00. The number of aromatic nitrogens is 2. The van der Waals surface area contributed by atoms with Crippen LogP contribution in [0.5, 0.6) is 0 Å². The van der Waals surface area contributed by atoms with Crippen LogP contribution in [0.25, 0.3) is 98.4 Å². The molecule has 0 unspecified atom stereocenters. The van der Waals surface area contributed by atoms with Crippen LogP contribution < -0.4 is 0 Å². The Labute approximate surface area is 302 Å². The highest BCUT2D eigenvalue weighted by atomic mass is 15.0. The van der Waals surface area contributed by atoms with Crippen molar-refractivity contribution >= 4 is 75.9 Å². The Hall–Kier alpha value is -6.64. The van der Waals surface area contributed by atoms with Gasteiger partial charge in [0.15, 0.2) is 0 Å². The van der Waals surface area contributed by atoms with Gasteiger partial charge < -0.3 is 9.13 Å². The first kappa shape index (κ1) is 30.2. The van der Waals surface area contributed by atoms with Crippen molar-refractivity contribution in [2.45, 2.75) is 13.8 Å². The lowest BCUT2D eigenvalue weighted by atomic mass is 9.94. The highest BCUT2D eigenvalue weighted by molar-refractivity contribution is 6.29. The molecule has 246 valence electrons. The SMILES string of the molecule is CC.c1ccc(-c2cccc(-n3c4ccccc4c4c5c6ccccc6n(-c6ccc7c8ccccc8c8ccccc8c7c6)c5ccc43)c2)cc1. The zero-order valence-corrected chi connectivity index (χ0v) is 29.2. The molecule has 52 heavy (non-hydrogen) atoms. The van der Waals surface area contributed by atoms with Gasteiger partial charge in [-0.15, -0.1) is 0 Å². The summed E-state index contributed by atoms with van der Waals surface area (Å²) in [5.74, 6) is 0. The van der Waals surface area contributed by atoms with E-state index in [0.29, 0.717) is 0 Å². The van der Waals surface area contributed by atoms with E-state index in [2.05, 4.69) is 191 Å². The van der Waals surface area contributed by atoms with E-state index in [1.807, 2.05) is 13.8 Å². The average Bonchev–Trinajstić information content (AvgIpc) is 3.75. The fraction of sp³-hybridized carbons (Fsp3) is 0.0400. The molecule has 0 fully saturated rings. The van der Waals surface area contributed by atoms with Crippen LogP contribution in [0.2, 0.25) is 0 Å². The molecule has 2 heterocycles. The Kier molecular flexibility index (Phi) is 6.97. The van der Waals surface area contributed by atoms with Crippen molar-refractivity contribution < 1.29 is 0 Å². The van der Waals surface area contributed by atoms with Gasteiger partial charge in [-0.1, -0.05) is 147 Å². The molecule has 2 aromatic heterocycles. The molecular formula is C50H36N2. The van der Waals surface area contributed by atoms with Crippen LogP contribution in [0.4, 0.5) is 0 Å². The van der Waals surface area contributed by atoms with Crippen molar-refractivity contribution in [3.8, 4) is 22.5 Å². The second kappa shape index (κ2) is 12.0. The molecule has 9 aromatic carbocycles. The van der Waals surface area contributed by atoms with Crippen LogP contribution in [0, 0.1) is 0 Å². The Bertz CT molecular complexity index is 3110. The first-order valence-corrected chi connectivity index (χ1v) is 18.3. The van der Waals surface area contributed by atoms with Crippen LogP contribution in [0.15, 0.2) is 182 Å². The maximum atomic E-state index is 2.47. The lowest BCUT2D eigenvalue weighted by molar-refractivity contribution is 1.17. The van der Waals surface area contributed by atoms with E-state index >= 15 is 0 Å². The zero-order valence-electron chi connectivity index (χ0n) is 29.2. The predicted molar refractivity (Wildman–Crippen MR) is 224 cm³/mol. The van der Waals surface area contributed by atoms with Gasteiger partial charge in [0.1, 0.15) is 0 Å². The van der Waals surface area contributed by atoms with Crippen molar-refractivity contribution in [3.05, 3.63) is 182 Å². The van der Waals surface area contributed by atoms with Crippen molar-refractivity contribution in [2.75, 3.05) is 0 Å². The number of benzene rings is 9. The largest absolute Gasteiger partial charge is 0.309 e. The second-order valence-corrected chi connectivity index (χ2v) is 13.3. The molecule has 0 aliphatic carbocycles. The Morgan fingerprint density at radius 2 is 0.692 bits per heavy atom. The number of hydrogen-bond donors (Lipinski definition) is 0. The van der Waals surface area contributed by atoms with Gasteiger partial charge in [0.25, 0.3) is 0 Å². The van der Waals surface area contributed by atoms with Crippen molar-refractivity contribution in [2.24, 2.45) is 0 Å². The van der Waals surface area contributed by atoms with Crippen LogP contribution >= 0.6 is 0 Å². The van der Waals surface area contributed by atoms with E-state index in [1.165, 1.54) is 92.7 Å². The molecule has 2 heteroatoms. The minimum Gasteiger partial charge on any atom is -0.309 e. The summed E-state index contributed by atoms with van der Waals surface area (Å²) < 4.78 is 4.91. The summed E-state index contributed by atoms with van der Waals surface area (Å²) in [4.78, 5) is 0. The summed E-state index contributed by atoms with van der Waals surface area (Å²) in [5.41, 5.74) is 9.60. The molecule has 2 nitrogen and oxygen atoms in total. The predicted octanol–water partition coefficient (Wildman–Crippen LogP) is 14.0. The molecule has 0 atom stereocenters. The van der Waals surface area contributed by atoms with Crippen LogP contribution in [-0.4, -0.2) is 9.13 Å². The van der Waals surface area contributed by atoms with Gasteiger partial charge in [-0.3, -0.25) is 0 Å². The minimum absolute atomic E-state index is 1.16. The molecule has 0 N–H and O–H groups in total. The van der Waals surface area contributed by atoms with Gasteiger partial charge in [0.2, 0.25) is 0 Å². The Morgan fingerprint density at radius 1 is 0.269 bits per heavy atom. The summed E-state index contributed by atoms with van der Waals surface area (Å²) in [7, 11) is 0. The van der Waals surface area contributed by atoms with Gasteiger partial charge in [0.05, 0.1) is 22.1 Å². The molecule has 11 aromatic rings. The molecule has 0 bridgehead atoms. The maximum absolute atomic E-state index is 2.47. The van der Waals surface area contributed by atoms with E-state index in [4.69, 9.17) is 0 Å². The number of fused-ring (bicyclic) bond motifs is 13. The third-order valence-corrected chi connectivity index (χ3v) is 10.7. The van der Waals surface area contributed by atoms with Gasteiger partial charge in [0, 0.05) is 32.9 Å². The first-order chi connectivity index (χ1) is 25.8. The molecular weight excluding hydrogens is 629 g/mol. The van der Waals surface area contributed by atoms with Crippen molar-refractivity contribution in [1.82, 2.24) is 9.13 Å². The van der Waals surface area contributed by atoms with E-state index in [1.54, 1.807) is 0 Å². The highest BCUT2D eigenvalue weighted by Gasteiger charge is 2.21. The number of nitrogens with zero attached hydrogens (tertiary/aromatic N) is 2. The maximum Gasteiger partial charge on any atom is 0.0548 e. The second-order valence-electron chi connectivity index (χ2n) is 13.3. The van der Waals surface area contributed by atoms with Gasteiger partial charge in [-0.25, -0.2) is 0 Å². The van der Waals surface area contributed by atoms with Crippen molar-refractivity contribution in [1.29, 1.82) is 0 Å². The monoisotopic (exact) mass is 664 g/mol. The van der Waals surface area contributed by atoms with Crippen LogP contribution in [0.1, 0.15) is 13.8 Å². The summed E-state index contributed by atoms with van der Waals surface area (Å²) >= 11 is 0. The van der Waals surface area contributed by atoms with E-state index in [0.717, 1.165) is 5.69 Å². The number of rotatable bonds is 3. The zero-order chi connectivity index (χ0) is 34.8. The number of para-hydroxylation sites is 2. The smallest absolute Gasteiger partial charge is 0.0548 e. The van der Waals surface area contributed by atoms with Crippen molar-refractivity contribution in [3.63, 3.8) is 0 Å². The first-order valence-electron chi connectivity index (χ1n) is 18.3. The highest BCUT2D eigenvalue weighted by Crippen LogP contribution is 2.43. The summed E-state index contributed by atoms with van der Waals surface area (Å²) in [6.07, 6.45) is 0. The van der Waals surface area contributed by atoms with Crippen LogP contribution in [0.3, 0.4) is 0 Å². The average molecular weight is 665 g/mol. The lowest BCUT2D eigenvalue weighted by Gasteiger charge is -2.14. The third-order valence-electron chi connectivity index (χ3n) is 10.7. The van der Waals surface area contributed by atoms with Gasteiger partial charge in [-0.2, -0.15) is 0 Å². The summed E-state index contributed by atoms with van der Waals surface area (Å²) in [6, 6.07) is 66.7. The molecule has 0 saturated carbocycles. The Morgan fingerprint density at radius 3 is 1.25 bits per heavy atom. The van der Waals surface area contributed by atoms with E-state index < -0.39 is 0 Å².